The molecule has 15 nitrogen and oxygen atoms in total. The molecule has 2 aliphatic heterocycles. The van der Waals surface area contributed by atoms with Crippen LogP contribution in [0, 0.1) is 0 Å². The normalized spacial score (nSPS) is 39.8. The molecule has 0 aromatic carbocycles. The Kier molecular flexibility index (Phi) is 9.95. The summed E-state index contributed by atoms with van der Waals surface area (Å²) in [7, 11) is 1.09. The Morgan fingerprint density at radius 1 is 1.03 bits per heavy atom. The fraction of sp³-hybridized carbons (Fsp3) is 0.800. The molecule has 0 radical (unpaired) electrons. The lowest BCUT2D eigenvalue weighted by atomic mass is 9.91. The van der Waals surface area contributed by atoms with Crippen LogP contribution in [-0.2, 0) is 33.3 Å². The van der Waals surface area contributed by atoms with Gasteiger partial charge in [-0.3, -0.25) is 0 Å². The predicted molar refractivity (Wildman–Crippen MR) is 104 cm³/mol. The average Bonchev–Trinajstić information content (AvgIpc) is 2.82. The summed E-state index contributed by atoms with van der Waals surface area (Å²) in [6, 6.07) is 0. The van der Waals surface area contributed by atoms with Crippen molar-refractivity contribution in [3.05, 3.63) is 12.3 Å². The minimum absolute atomic E-state index is 0.717. The van der Waals surface area contributed by atoms with Crippen molar-refractivity contribution < 1.29 is 74.1 Å². The first-order chi connectivity index (χ1) is 16.4. The fourth-order valence-corrected chi connectivity index (χ4v) is 3.84. The fourth-order valence-electron chi connectivity index (χ4n) is 3.84. The molecule has 2 saturated heterocycles. The van der Waals surface area contributed by atoms with Gasteiger partial charge in [-0.1, -0.05) is 6.08 Å². The zero-order valence-electron chi connectivity index (χ0n) is 19.0. The van der Waals surface area contributed by atoms with E-state index in [-0.39, 0.29) is 0 Å². The molecule has 2 fully saturated rings. The Bertz CT molecular complexity index is 761. The molecule has 35 heavy (non-hydrogen) atoms. The van der Waals surface area contributed by atoms with Crippen LogP contribution in [-0.4, -0.2) is 123 Å². The highest BCUT2D eigenvalue weighted by Crippen LogP contribution is 2.35. The number of aliphatic hydroxyl groups is 6. The second-order valence-corrected chi connectivity index (χ2v) is 8.19. The predicted octanol–water partition coefficient (Wildman–Crippen LogP) is -6.16. The van der Waals surface area contributed by atoms with E-state index >= 15 is 0 Å². The molecule has 0 aromatic rings. The summed E-state index contributed by atoms with van der Waals surface area (Å²) in [5, 5.41) is 83.5. The minimum atomic E-state index is -2.76. The molecule has 0 unspecified atom stereocenters. The number of carbonyl (C=O) groups excluding carboxylic acids is 2. The van der Waals surface area contributed by atoms with Crippen molar-refractivity contribution in [1.29, 1.82) is 0 Å². The molecular weight excluding hydrogens is 480 g/mol. The number of carbonyl (C=O) groups is 2. The van der Waals surface area contributed by atoms with Gasteiger partial charge in [0.2, 0.25) is 5.79 Å². The van der Waals surface area contributed by atoms with Crippen LogP contribution in [0.25, 0.3) is 0 Å². The molecule has 2 heterocycles. The summed E-state index contributed by atoms with van der Waals surface area (Å²) < 4.78 is 26.1. The van der Waals surface area contributed by atoms with Gasteiger partial charge in [0.05, 0.1) is 31.7 Å². The molecule has 0 saturated carbocycles. The van der Waals surface area contributed by atoms with Gasteiger partial charge < -0.3 is 74.1 Å². The number of aliphatic carboxylic acids is 2. The summed E-state index contributed by atoms with van der Waals surface area (Å²) in [5.41, 5.74) is 0. The Balaban J connectivity index is 2.30. The largest absolute Gasteiger partial charge is 0.544 e. The molecule has 2 aliphatic rings. The smallest absolute Gasteiger partial charge is 0.253 e. The quantitative estimate of drug-likeness (QED) is 0.141. The van der Waals surface area contributed by atoms with Gasteiger partial charge >= 0.3 is 0 Å². The van der Waals surface area contributed by atoms with Crippen molar-refractivity contribution in [2.75, 3.05) is 20.3 Å². The molecule has 202 valence electrons. The van der Waals surface area contributed by atoms with Gasteiger partial charge in [-0.15, -0.1) is 0 Å². The average molecular weight is 510 g/mol. The van der Waals surface area contributed by atoms with Crippen molar-refractivity contribution in [1.82, 2.24) is 0 Å². The maximum absolute atomic E-state index is 11.9. The third-order valence-electron chi connectivity index (χ3n) is 5.80. The Morgan fingerprint density at radius 3 is 2.03 bits per heavy atom. The molecule has 0 spiro atoms. The third kappa shape index (κ3) is 6.08. The standard InChI is InChI=1S/C20H32O15/c1-3-4-32-19(17(27)28)5-10(23)14(26)16(35-19)12(31-2)8-33-20(18(29)30)6-9(22)13(25)15(34-20)11(24)7-21/h3-4,9-16,21-26H,5-8H2,1-2H3,(H,27,28)(H,29,30)/p-2/b4-3-/t9-,10-,11-,12-,13-,14-,15-,16-,19-,20-/m1/s1. The van der Waals surface area contributed by atoms with Gasteiger partial charge in [-0.05, 0) is 6.92 Å². The number of hydrogen-bond acceptors (Lipinski definition) is 15. The molecule has 0 bridgehead atoms. The lowest BCUT2D eigenvalue weighted by Crippen LogP contribution is -2.67. The molecule has 0 aliphatic carbocycles. The van der Waals surface area contributed by atoms with Crippen LogP contribution in [0.5, 0.6) is 0 Å². The number of ether oxygens (including phenoxy) is 5. The number of rotatable bonds is 11. The Morgan fingerprint density at radius 2 is 1.54 bits per heavy atom. The maximum Gasteiger partial charge on any atom is 0.253 e. The third-order valence-corrected chi connectivity index (χ3v) is 5.80. The van der Waals surface area contributed by atoms with E-state index in [9.17, 15) is 45.3 Å². The topological polar surface area (TPSA) is 248 Å². The molecule has 15 heteroatoms. The van der Waals surface area contributed by atoms with E-state index in [1.165, 1.54) is 13.0 Å². The van der Waals surface area contributed by atoms with Crippen LogP contribution in [0.3, 0.4) is 0 Å². The van der Waals surface area contributed by atoms with E-state index in [4.69, 9.17) is 28.8 Å². The summed E-state index contributed by atoms with van der Waals surface area (Å²) in [6.07, 6.45) is -13.0. The lowest BCUT2D eigenvalue weighted by molar-refractivity contribution is -0.394. The SMILES string of the molecule is C/C=C\O[C@]1(C(=O)[O-])C[C@@H](O)[C@@H](O)[C@@H]([C@@H](CO[C@]2(C(=O)[O-])C[C@@H](O)[C@@H](O)[C@@H]([C@H](O)CO)O2)OC)O1. The number of methoxy groups -OCH3 is 1. The zero-order chi connectivity index (χ0) is 26.6. The molecule has 0 aromatic heterocycles. The lowest BCUT2D eigenvalue weighted by Gasteiger charge is -2.48. The van der Waals surface area contributed by atoms with Crippen molar-refractivity contribution >= 4 is 11.9 Å². The summed E-state index contributed by atoms with van der Waals surface area (Å²) in [4.78, 5) is 23.7. The van der Waals surface area contributed by atoms with Crippen molar-refractivity contribution in [2.24, 2.45) is 0 Å². The van der Waals surface area contributed by atoms with Crippen molar-refractivity contribution in [3.8, 4) is 0 Å². The van der Waals surface area contributed by atoms with Gasteiger partial charge in [-0.25, -0.2) is 0 Å². The van der Waals surface area contributed by atoms with Crippen LogP contribution < -0.4 is 10.2 Å². The van der Waals surface area contributed by atoms with E-state index in [2.05, 4.69) is 0 Å². The number of carboxylic acids is 2. The van der Waals surface area contributed by atoms with Crippen LogP contribution in [0.1, 0.15) is 19.8 Å². The van der Waals surface area contributed by atoms with Crippen molar-refractivity contribution in [2.45, 2.75) is 80.2 Å². The number of aliphatic hydroxyl groups excluding tert-OH is 6. The van der Waals surface area contributed by atoms with E-state index < -0.39 is 98.4 Å². The van der Waals surface area contributed by atoms with Gasteiger partial charge in [0.15, 0.2) is 0 Å². The van der Waals surface area contributed by atoms with E-state index in [1.807, 2.05) is 0 Å². The zero-order valence-corrected chi connectivity index (χ0v) is 19.0. The molecule has 2 rings (SSSR count). The monoisotopic (exact) mass is 510 g/mol. The Hall–Kier alpha value is -1.92. The second-order valence-electron chi connectivity index (χ2n) is 8.19. The van der Waals surface area contributed by atoms with Gasteiger partial charge in [0, 0.05) is 20.0 Å². The van der Waals surface area contributed by atoms with Gasteiger partial charge in [-0.2, -0.15) is 0 Å². The van der Waals surface area contributed by atoms with Gasteiger partial charge in [0.1, 0.15) is 48.6 Å². The molecule has 6 N–H and O–H groups in total. The number of allylic oxidation sites excluding steroid dienone is 1. The number of hydrogen-bond donors (Lipinski definition) is 6. The maximum atomic E-state index is 11.9. The van der Waals surface area contributed by atoms with E-state index in [1.54, 1.807) is 0 Å². The molecule has 0 amide bonds. The number of carboxylic acid groups (broad SMARTS) is 2. The first-order valence-electron chi connectivity index (χ1n) is 10.6. The van der Waals surface area contributed by atoms with E-state index in [0.29, 0.717) is 0 Å². The molecule has 10 atom stereocenters. The first kappa shape index (κ1) is 29.3. The second kappa shape index (κ2) is 11.9. The molecular formula is C20H30O15-2. The van der Waals surface area contributed by atoms with Crippen LogP contribution in [0.4, 0.5) is 0 Å². The highest BCUT2D eigenvalue weighted by Gasteiger charge is 2.54. The Labute approximate surface area is 199 Å². The highest BCUT2D eigenvalue weighted by molar-refractivity contribution is 5.74. The highest BCUT2D eigenvalue weighted by atomic mass is 16.7. The van der Waals surface area contributed by atoms with Crippen LogP contribution in [0.15, 0.2) is 12.3 Å². The minimum Gasteiger partial charge on any atom is -0.544 e. The first-order valence-corrected chi connectivity index (χ1v) is 10.6. The summed E-state index contributed by atoms with van der Waals surface area (Å²) >= 11 is 0. The van der Waals surface area contributed by atoms with E-state index in [0.717, 1.165) is 13.4 Å². The summed E-state index contributed by atoms with van der Waals surface area (Å²) in [5.74, 6) is -9.18. The van der Waals surface area contributed by atoms with Crippen LogP contribution >= 0.6 is 0 Å². The van der Waals surface area contributed by atoms with Crippen molar-refractivity contribution in [3.63, 3.8) is 0 Å². The van der Waals surface area contributed by atoms with Gasteiger partial charge in [0.25, 0.3) is 5.79 Å². The van der Waals surface area contributed by atoms with Crippen LogP contribution in [0.2, 0.25) is 0 Å². The summed E-state index contributed by atoms with van der Waals surface area (Å²) in [6.45, 7) is -0.248.